The highest BCUT2D eigenvalue weighted by Crippen LogP contribution is 2.18. The van der Waals surface area contributed by atoms with Crippen LogP contribution in [0, 0.1) is 0 Å². The van der Waals surface area contributed by atoms with Crippen molar-refractivity contribution in [2.45, 2.75) is 19.8 Å². The molecule has 0 aromatic carbocycles. The number of ether oxygens (including phenoxy) is 1. The van der Waals surface area contributed by atoms with Crippen molar-refractivity contribution in [1.82, 2.24) is 14.6 Å². The number of rotatable bonds is 6. The highest BCUT2D eigenvalue weighted by molar-refractivity contribution is 6.33. The Labute approximate surface area is 115 Å². The molecule has 19 heavy (non-hydrogen) atoms. The van der Waals surface area contributed by atoms with Crippen molar-refractivity contribution in [3.05, 3.63) is 28.7 Å². The van der Waals surface area contributed by atoms with E-state index in [9.17, 15) is 4.79 Å². The topological polar surface area (TPSA) is 76.7 Å². The quantitative estimate of drug-likeness (QED) is 0.821. The minimum Gasteiger partial charge on any atom is -0.478 e. The van der Waals surface area contributed by atoms with Gasteiger partial charge in [0.2, 0.25) is 0 Å². The minimum atomic E-state index is -1.04. The normalized spacial score (nSPS) is 11.1. The fourth-order valence-electron chi connectivity index (χ4n) is 1.70. The Balaban J connectivity index is 2.27. The summed E-state index contributed by atoms with van der Waals surface area (Å²) in [6.45, 7) is 3.24. The number of carboxylic acids is 1. The fourth-order valence-corrected chi connectivity index (χ4v) is 1.94. The molecule has 2 heterocycles. The predicted octanol–water partition coefficient (Wildman–Crippen LogP) is 2.05. The van der Waals surface area contributed by atoms with E-state index in [1.165, 1.54) is 12.3 Å². The highest BCUT2D eigenvalue weighted by atomic mass is 35.5. The molecule has 1 N–H and O–H groups in total. The van der Waals surface area contributed by atoms with Crippen molar-refractivity contribution in [2.75, 3.05) is 13.2 Å². The second-order valence-electron chi connectivity index (χ2n) is 4.05. The van der Waals surface area contributed by atoms with Gasteiger partial charge in [-0.2, -0.15) is 0 Å². The van der Waals surface area contributed by atoms with E-state index in [0.717, 1.165) is 6.42 Å². The highest BCUT2D eigenvalue weighted by Gasteiger charge is 2.13. The number of hydrogen-bond donors (Lipinski definition) is 1. The van der Waals surface area contributed by atoms with E-state index in [1.807, 2.05) is 6.92 Å². The first-order valence-corrected chi connectivity index (χ1v) is 6.35. The minimum absolute atomic E-state index is 0.105. The average Bonchev–Trinajstić information content (AvgIpc) is 2.78. The van der Waals surface area contributed by atoms with Gasteiger partial charge in [-0.1, -0.05) is 18.5 Å². The third-order valence-corrected chi connectivity index (χ3v) is 2.87. The Hall–Kier alpha value is -1.66. The Morgan fingerprint density at radius 2 is 2.26 bits per heavy atom. The molecular formula is C12H14ClN3O3. The molecule has 2 aromatic rings. The number of carbonyl (C=O) groups is 1. The molecule has 0 aliphatic carbocycles. The SMILES string of the molecule is CCCOCCc1nnc2c(Cl)cc(C(=O)O)cn12. The van der Waals surface area contributed by atoms with Crippen molar-refractivity contribution in [1.29, 1.82) is 0 Å². The van der Waals surface area contributed by atoms with Gasteiger partial charge in [0, 0.05) is 19.2 Å². The van der Waals surface area contributed by atoms with Crippen LogP contribution in [-0.2, 0) is 11.2 Å². The van der Waals surface area contributed by atoms with Crippen molar-refractivity contribution < 1.29 is 14.6 Å². The van der Waals surface area contributed by atoms with Crippen LogP contribution in [0.2, 0.25) is 5.02 Å². The molecule has 0 bridgehead atoms. The van der Waals surface area contributed by atoms with Gasteiger partial charge in [0.25, 0.3) is 0 Å². The lowest BCUT2D eigenvalue weighted by Gasteiger charge is -2.03. The van der Waals surface area contributed by atoms with Crippen molar-refractivity contribution in [3.63, 3.8) is 0 Å². The number of hydrogen-bond acceptors (Lipinski definition) is 4. The Kier molecular flexibility index (Phi) is 4.34. The van der Waals surface area contributed by atoms with Crippen LogP contribution in [0.25, 0.3) is 5.65 Å². The molecule has 102 valence electrons. The molecule has 0 unspecified atom stereocenters. The first-order chi connectivity index (χ1) is 9.13. The third-order valence-electron chi connectivity index (χ3n) is 2.60. The lowest BCUT2D eigenvalue weighted by molar-refractivity contribution is 0.0696. The van der Waals surface area contributed by atoms with Crippen LogP contribution in [0.3, 0.4) is 0 Å². The van der Waals surface area contributed by atoms with Crippen LogP contribution < -0.4 is 0 Å². The summed E-state index contributed by atoms with van der Waals surface area (Å²) in [5.41, 5.74) is 0.560. The molecule has 0 spiro atoms. The molecule has 0 aliphatic heterocycles. The molecule has 0 amide bonds. The van der Waals surface area contributed by atoms with Gasteiger partial charge < -0.3 is 9.84 Å². The lowest BCUT2D eigenvalue weighted by atomic mass is 10.3. The molecule has 0 radical (unpaired) electrons. The molecule has 0 aliphatic rings. The second kappa shape index (κ2) is 5.99. The molecule has 6 nitrogen and oxygen atoms in total. The Morgan fingerprint density at radius 1 is 1.47 bits per heavy atom. The van der Waals surface area contributed by atoms with Gasteiger partial charge in [0.1, 0.15) is 5.82 Å². The van der Waals surface area contributed by atoms with Gasteiger partial charge in [-0.05, 0) is 12.5 Å². The smallest absolute Gasteiger partial charge is 0.337 e. The molecular weight excluding hydrogens is 270 g/mol. The maximum Gasteiger partial charge on any atom is 0.337 e. The largest absolute Gasteiger partial charge is 0.478 e. The summed E-state index contributed by atoms with van der Waals surface area (Å²) in [4.78, 5) is 11.0. The summed E-state index contributed by atoms with van der Waals surface area (Å²) in [5, 5.41) is 17.2. The molecule has 0 atom stereocenters. The van der Waals surface area contributed by atoms with Gasteiger partial charge in [-0.25, -0.2) is 4.79 Å². The average molecular weight is 284 g/mol. The summed E-state index contributed by atoms with van der Waals surface area (Å²) in [6.07, 6.45) is 2.98. The number of nitrogens with zero attached hydrogens (tertiary/aromatic N) is 3. The lowest BCUT2D eigenvalue weighted by Crippen LogP contribution is -2.05. The number of halogens is 1. The van der Waals surface area contributed by atoms with Crippen molar-refractivity contribution in [3.8, 4) is 0 Å². The number of fused-ring (bicyclic) bond motifs is 1. The van der Waals surface area contributed by atoms with Gasteiger partial charge in [-0.3, -0.25) is 4.40 Å². The molecule has 2 rings (SSSR count). The predicted molar refractivity (Wildman–Crippen MR) is 69.8 cm³/mol. The second-order valence-corrected chi connectivity index (χ2v) is 4.46. The molecule has 0 saturated carbocycles. The zero-order valence-electron chi connectivity index (χ0n) is 10.5. The van der Waals surface area contributed by atoms with Crippen LogP contribution in [0.15, 0.2) is 12.3 Å². The van der Waals surface area contributed by atoms with Gasteiger partial charge in [0.15, 0.2) is 5.65 Å². The summed E-state index contributed by atoms with van der Waals surface area (Å²) in [5.74, 6) is -0.401. The van der Waals surface area contributed by atoms with Gasteiger partial charge in [-0.15, -0.1) is 10.2 Å². The van der Waals surface area contributed by atoms with Crippen LogP contribution in [0.4, 0.5) is 0 Å². The van der Waals surface area contributed by atoms with E-state index < -0.39 is 5.97 Å². The molecule has 0 fully saturated rings. The number of carboxylic acid groups (broad SMARTS) is 1. The molecule has 0 saturated heterocycles. The first kappa shape index (κ1) is 13.8. The van der Waals surface area contributed by atoms with Crippen molar-refractivity contribution >= 4 is 23.2 Å². The number of aromatic nitrogens is 3. The van der Waals surface area contributed by atoms with Gasteiger partial charge >= 0.3 is 5.97 Å². The van der Waals surface area contributed by atoms with Gasteiger partial charge in [0.05, 0.1) is 17.2 Å². The summed E-state index contributed by atoms with van der Waals surface area (Å²) < 4.78 is 6.98. The van der Waals surface area contributed by atoms with E-state index in [0.29, 0.717) is 31.1 Å². The van der Waals surface area contributed by atoms with E-state index in [-0.39, 0.29) is 10.6 Å². The fraction of sp³-hybridized carbons (Fsp3) is 0.417. The van der Waals surface area contributed by atoms with Crippen LogP contribution >= 0.6 is 11.6 Å². The van der Waals surface area contributed by atoms with Crippen molar-refractivity contribution in [2.24, 2.45) is 0 Å². The zero-order valence-corrected chi connectivity index (χ0v) is 11.2. The Morgan fingerprint density at radius 3 is 2.95 bits per heavy atom. The summed E-state index contributed by atoms with van der Waals surface area (Å²) in [7, 11) is 0. The monoisotopic (exact) mass is 283 g/mol. The number of pyridine rings is 1. The third kappa shape index (κ3) is 3.02. The first-order valence-electron chi connectivity index (χ1n) is 5.97. The Bertz CT molecular complexity index is 597. The molecule has 2 aromatic heterocycles. The maximum absolute atomic E-state index is 11.0. The van der Waals surface area contributed by atoms with Crippen LogP contribution in [0.1, 0.15) is 29.5 Å². The standard InChI is InChI=1S/C12H14ClN3O3/c1-2-4-19-5-3-10-14-15-11-9(13)6-8(12(17)18)7-16(10)11/h6-7H,2-5H2,1H3,(H,17,18). The van der Waals surface area contributed by atoms with E-state index in [1.54, 1.807) is 4.40 Å². The van der Waals surface area contributed by atoms with E-state index >= 15 is 0 Å². The summed E-state index contributed by atoms with van der Waals surface area (Å²) >= 11 is 5.99. The van der Waals surface area contributed by atoms with E-state index in [2.05, 4.69) is 10.2 Å². The molecule has 7 heteroatoms. The zero-order chi connectivity index (χ0) is 13.8. The number of aromatic carboxylic acids is 1. The van der Waals surface area contributed by atoms with Crippen LogP contribution in [-0.4, -0.2) is 38.9 Å². The van der Waals surface area contributed by atoms with Crippen LogP contribution in [0.5, 0.6) is 0 Å². The maximum atomic E-state index is 11.0. The van der Waals surface area contributed by atoms with E-state index in [4.69, 9.17) is 21.4 Å². The summed E-state index contributed by atoms with van der Waals surface area (Å²) in [6, 6.07) is 1.37.